The summed E-state index contributed by atoms with van der Waals surface area (Å²) in [5.41, 5.74) is 3.68. The zero-order chi connectivity index (χ0) is 41.9. The molecular weight excluding hydrogens is 901 g/mol. The average Bonchev–Trinajstić information content (AvgIpc) is 3.82. The van der Waals surface area contributed by atoms with Crippen LogP contribution in [0.4, 0.5) is 10.0 Å². The molecule has 2 aliphatic heterocycles. The smallest absolute Gasteiger partial charge is 0.870 e. The molecule has 0 bridgehead atoms. The number of hydrogen-bond donors (Lipinski definition) is 1. The summed E-state index contributed by atoms with van der Waals surface area (Å²) >= 11 is 27.0. The van der Waals surface area contributed by atoms with Gasteiger partial charge in [-0.15, -0.1) is 35.8 Å². The van der Waals surface area contributed by atoms with E-state index in [2.05, 4.69) is 30.2 Å². The zero-order valence-electron chi connectivity index (χ0n) is 33.0. The SMILES string of the molecule is C=CCC(c1ccc(Cl)c(Cl)c1)c1c(C(=O)O)sc(N2CCOCC2)c1C#N.C=CCC(c1ccc(Cl)c(Cl)c1)c1c(C(=O)OCC)sc(N2CCOCC2)c1C#N.[Na+].[OH-]. The molecule has 2 unspecified atom stereocenters. The van der Waals surface area contributed by atoms with Crippen LogP contribution in [0.5, 0.6) is 0 Å². The molecule has 2 aromatic carbocycles. The second kappa shape index (κ2) is 24.5. The molecule has 60 heavy (non-hydrogen) atoms. The summed E-state index contributed by atoms with van der Waals surface area (Å²) in [6.45, 7) is 14.5. The van der Waals surface area contributed by atoms with Gasteiger partial charge in [-0.3, -0.25) is 0 Å². The summed E-state index contributed by atoms with van der Waals surface area (Å²) in [5, 5.41) is 33.0. The molecule has 0 aliphatic carbocycles. The van der Waals surface area contributed by atoms with E-state index in [-0.39, 0.29) is 58.4 Å². The number of aromatic carboxylic acids is 1. The van der Waals surface area contributed by atoms with Crippen LogP contribution in [0.15, 0.2) is 61.7 Å². The van der Waals surface area contributed by atoms with Gasteiger partial charge in [0.05, 0.1) is 64.3 Å². The van der Waals surface area contributed by atoms with Crippen molar-refractivity contribution in [1.29, 1.82) is 10.5 Å². The third-order valence-electron chi connectivity index (χ3n) is 9.52. The van der Waals surface area contributed by atoms with Crippen molar-refractivity contribution < 1.29 is 63.9 Å². The van der Waals surface area contributed by atoms with E-state index in [9.17, 15) is 25.2 Å². The zero-order valence-corrected chi connectivity index (χ0v) is 39.7. The van der Waals surface area contributed by atoms with Crippen LogP contribution in [0.3, 0.4) is 0 Å². The Morgan fingerprint density at radius 2 is 1.18 bits per heavy atom. The fraction of sp³-hybridized carbons (Fsp3) is 0.333. The minimum absolute atomic E-state index is 0. The number of halogens is 4. The third kappa shape index (κ3) is 11.9. The number of nitrogens with zero attached hydrogens (tertiary/aromatic N) is 4. The molecule has 2 fully saturated rings. The number of esters is 1. The molecule has 2 N–H and O–H groups in total. The Hall–Kier alpha value is -3.12. The average molecular weight is 943 g/mol. The minimum Gasteiger partial charge on any atom is -0.870 e. The molecule has 4 aromatic rings. The summed E-state index contributed by atoms with van der Waals surface area (Å²) in [7, 11) is 0. The van der Waals surface area contributed by atoms with E-state index in [1.807, 2.05) is 11.0 Å². The molecule has 2 atom stereocenters. The van der Waals surface area contributed by atoms with Crippen LogP contribution < -0.4 is 39.4 Å². The van der Waals surface area contributed by atoms with Crippen LogP contribution in [0.1, 0.15) is 84.3 Å². The van der Waals surface area contributed by atoms with Crippen molar-refractivity contribution in [3.63, 3.8) is 0 Å². The topological polar surface area (TPSA) is 166 Å². The van der Waals surface area contributed by atoms with Gasteiger partial charge in [0.2, 0.25) is 0 Å². The Kier molecular flexibility index (Phi) is 20.9. The van der Waals surface area contributed by atoms with E-state index >= 15 is 0 Å². The first-order chi connectivity index (χ1) is 28.0. The number of anilines is 2. The second-order valence-corrected chi connectivity index (χ2v) is 16.6. The number of allylic oxidation sites excluding steroid dienone is 2. The predicted molar refractivity (Wildman–Crippen MR) is 235 cm³/mol. The minimum atomic E-state index is -1.05. The van der Waals surface area contributed by atoms with Crippen molar-refractivity contribution in [2.45, 2.75) is 31.6 Å². The van der Waals surface area contributed by atoms with Gasteiger partial charge in [-0.1, -0.05) is 70.7 Å². The Labute approximate surface area is 399 Å². The standard InChI is InChI=1S/C22H22Cl2N2O3S.C20H18Cl2N2O3S.Na.H2O/c1-3-5-15(14-6-7-17(23)18(24)12-14)19-16(13-25)21(26-8-10-28-11-9-26)30-20(19)22(27)29-4-2;1-2-3-13(12-4-5-15(21)16(22)10-12)17-14(11-23)19(28-18(17)20(25)26)24-6-8-27-9-7-24;;/h3,6-7,12,15H,1,4-5,8-11H2,2H3;2,4-5,10,13H,1,3,6-9H2,(H,25,26);;1H2/q;;+1;/p-1. The van der Waals surface area contributed by atoms with Gasteiger partial charge in [0.25, 0.3) is 0 Å². The van der Waals surface area contributed by atoms with Crippen LogP contribution in [0, 0.1) is 22.7 Å². The van der Waals surface area contributed by atoms with Gasteiger partial charge in [-0.05, 0) is 55.2 Å². The number of ether oxygens (including phenoxy) is 3. The molecule has 4 heterocycles. The number of morpholine rings is 2. The first-order valence-electron chi connectivity index (χ1n) is 18.3. The van der Waals surface area contributed by atoms with Gasteiger partial charge in [0.15, 0.2) is 0 Å². The van der Waals surface area contributed by atoms with Crippen LogP contribution in [0.2, 0.25) is 20.1 Å². The van der Waals surface area contributed by atoms with Crippen molar-refractivity contribution in [3.8, 4) is 12.1 Å². The number of nitriles is 2. The van der Waals surface area contributed by atoms with Crippen molar-refractivity contribution >= 4 is 91.0 Å². The molecule has 0 radical (unpaired) electrons. The Morgan fingerprint density at radius 1 is 0.783 bits per heavy atom. The molecule has 0 amide bonds. The van der Waals surface area contributed by atoms with Gasteiger partial charge in [0, 0.05) is 49.1 Å². The van der Waals surface area contributed by atoms with Gasteiger partial charge in [-0.2, -0.15) is 10.5 Å². The van der Waals surface area contributed by atoms with Crippen LogP contribution in [0.25, 0.3) is 0 Å². The van der Waals surface area contributed by atoms with Crippen LogP contribution >= 0.6 is 69.1 Å². The van der Waals surface area contributed by atoms with E-state index < -0.39 is 11.9 Å². The van der Waals surface area contributed by atoms with Crippen molar-refractivity contribution in [1.82, 2.24) is 0 Å². The fourth-order valence-corrected chi connectivity index (χ4v) is 9.94. The molecule has 6 rings (SSSR count). The summed E-state index contributed by atoms with van der Waals surface area (Å²) in [6, 6.07) is 15.2. The molecule has 11 nitrogen and oxygen atoms in total. The largest absolute Gasteiger partial charge is 1.00 e. The van der Waals surface area contributed by atoms with E-state index in [1.165, 1.54) is 11.3 Å². The van der Waals surface area contributed by atoms with Gasteiger partial charge in [-0.25, -0.2) is 9.59 Å². The van der Waals surface area contributed by atoms with Crippen LogP contribution in [-0.2, 0) is 14.2 Å². The molecule has 312 valence electrons. The maximum atomic E-state index is 12.9. The summed E-state index contributed by atoms with van der Waals surface area (Å²) in [4.78, 5) is 29.6. The Balaban J connectivity index is 0.000000311. The molecule has 0 spiro atoms. The number of thiophene rings is 2. The van der Waals surface area contributed by atoms with E-state index in [0.717, 1.165) is 27.5 Å². The predicted octanol–water partition coefficient (Wildman–Crippen LogP) is 7.64. The van der Waals surface area contributed by atoms with Crippen molar-refractivity contribution in [2.75, 3.05) is 69.0 Å². The van der Waals surface area contributed by atoms with Crippen molar-refractivity contribution in [2.24, 2.45) is 0 Å². The number of benzene rings is 2. The molecule has 2 aliphatic rings. The second-order valence-electron chi connectivity index (χ2n) is 13.0. The first kappa shape index (κ1) is 51.2. The summed E-state index contributed by atoms with van der Waals surface area (Å²) in [5.74, 6) is -2.12. The molecule has 0 saturated carbocycles. The maximum absolute atomic E-state index is 12.9. The van der Waals surface area contributed by atoms with E-state index in [0.29, 0.717) is 118 Å². The number of carbonyl (C=O) groups is 2. The maximum Gasteiger partial charge on any atom is 1.00 e. The number of hydrogen-bond acceptors (Lipinski definition) is 12. The Morgan fingerprint density at radius 3 is 1.53 bits per heavy atom. The summed E-state index contributed by atoms with van der Waals surface area (Å²) < 4.78 is 16.1. The van der Waals surface area contributed by atoms with E-state index in [4.69, 9.17) is 60.6 Å². The number of rotatable bonds is 13. The number of carboxylic acids is 1. The molecule has 18 heteroatoms. The Bertz CT molecular complexity index is 2250. The monoisotopic (exact) mass is 940 g/mol. The van der Waals surface area contributed by atoms with Gasteiger partial charge in [0.1, 0.15) is 31.9 Å². The van der Waals surface area contributed by atoms with E-state index in [1.54, 1.807) is 49.4 Å². The quantitative estimate of drug-likeness (QED) is 0.0795. The third-order valence-corrected chi connectivity index (χ3v) is 13.5. The normalized spacial score (nSPS) is 14.4. The van der Waals surface area contributed by atoms with Crippen molar-refractivity contribution in [3.05, 3.63) is 125 Å². The molecule has 2 saturated heterocycles. The summed E-state index contributed by atoms with van der Waals surface area (Å²) in [6.07, 6.45) is 4.48. The van der Waals surface area contributed by atoms with Gasteiger partial charge >= 0.3 is 41.5 Å². The van der Waals surface area contributed by atoms with Crippen LogP contribution in [-0.4, -0.2) is 81.7 Å². The molecule has 2 aromatic heterocycles. The fourth-order valence-electron chi connectivity index (χ4n) is 6.86. The first-order valence-corrected chi connectivity index (χ1v) is 21.4. The van der Waals surface area contributed by atoms with Gasteiger partial charge < -0.3 is 34.6 Å². The molecular formula is C42H41Cl4N4NaO7S2. The number of carboxylic acid groups (broad SMARTS) is 1. The number of carbonyl (C=O) groups excluding carboxylic acids is 1.